The number of carbonyl (C=O) groups is 1. The van der Waals surface area contributed by atoms with Crippen LogP contribution in [-0.2, 0) is 4.79 Å². The normalized spacial score (nSPS) is 24.6. The third-order valence-corrected chi connectivity index (χ3v) is 3.80. The third kappa shape index (κ3) is 2.58. The smallest absolute Gasteiger partial charge is 0.320 e. The van der Waals surface area contributed by atoms with Crippen molar-refractivity contribution in [3.8, 4) is 0 Å². The number of carboxylic acid groups (broad SMARTS) is 1. The molecule has 0 spiro atoms. The highest BCUT2D eigenvalue weighted by Gasteiger charge is 2.29. The summed E-state index contributed by atoms with van der Waals surface area (Å²) in [4.78, 5) is 10.8. The van der Waals surface area contributed by atoms with E-state index in [2.05, 4.69) is 5.32 Å². The van der Waals surface area contributed by atoms with Crippen molar-refractivity contribution in [1.29, 1.82) is 0 Å². The van der Waals surface area contributed by atoms with Gasteiger partial charge in [0.1, 0.15) is 6.04 Å². The van der Waals surface area contributed by atoms with Crippen molar-refractivity contribution < 1.29 is 18.7 Å². The Morgan fingerprint density at radius 3 is 2.94 bits per heavy atom. The van der Waals surface area contributed by atoms with E-state index < -0.39 is 29.0 Å². The molecule has 1 saturated heterocycles. The Morgan fingerprint density at radius 1 is 1.47 bits per heavy atom. The van der Waals surface area contributed by atoms with Crippen LogP contribution >= 0.6 is 11.8 Å². The molecule has 2 rings (SSSR count). The number of thioether (sulfide) groups is 1. The molecule has 0 saturated carbocycles. The molecule has 2 unspecified atom stereocenters. The number of hydrogen-bond acceptors (Lipinski definition) is 3. The molecule has 17 heavy (non-hydrogen) atoms. The van der Waals surface area contributed by atoms with Crippen molar-refractivity contribution in [2.75, 3.05) is 5.75 Å². The summed E-state index contributed by atoms with van der Waals surface area (Å²) in [7, 11) is 0. The van der Waals surface area contributed by atoms with Gasteiger partial charge < -0.3 is 5.11 Å². The van der Waals surface area contributed by atoms with Gasteiger partial charge in [0.2, 0.25) is 0 Å². The summed E-state index contributed by atoms with van der Waals surface area (Å²) in [6.07, 6.45) is 0.480. The lowest BCUT2D eigenvalue weighted by molar-refractivity contribution is -0.139. The molecule has 0 bridgehead atoms. The first kappa shape index (κ1) is 12.3. The van der Waals surface area contributed by atoms with Crippen LogP contribution in [0.5, 0.6) is 0 Å². The Morgan fingerprint density at radius 2 is 2.24 bits per heavy atom. The molecule has 1 aliphatic heterocycles. The van der Waals surface area contributed by atoms with Crippen LogP contribution < -0.4 is 5.32 Å². The summed E-state index contributed by atoms with van der Waals surface area (Å²) in [5.74, 6) is -2.19. The van der Waals surface area contributed by atoms with Gasteiger partial charge >= 0.3 is 5.97 Å². The first-order valence-electron chi connectivity index (χ1n) is 5.14. The average molecular weight is 259 g/mol. The number of nitrogens with one attached hydrogen (secondary N) is 1. The lowest BCUT2D eigenvalue weighted by Crippen LogP contribution is -2.42. The molecule has 0 aromatic heterocycles. The molecule has 2 N–H and O–H groups in total. The SMILES string of the molecule is O=C(O)C1CCSC(c2cccc(F)c2F)N1. The average Bonchev–Trinajstić information content (AvgIpc) is 2.33. The molecule has 2 atom stereocenters. The Hall–Kier alpha value is -1.14. The van der Waals surface area contributed by atoms with E-state index in [0.717, 1.165) is 6.07 Å². The minimum Gasteiger partial charge on any atom is -0.480 e. The van der Waals surface area contributed by atoms with Crippen LogP contribution in [-0.4, -0.2) is 22.9 Å². The highest BCUT2D eigenvalue weighted by atomic mass is 32.2. The van der Waals surface area contributed by atoms with E-state index in [-0.39, 0.29) is 5.56 Å². The van der Waals surface area contributed by atoms with E-state index in [0.29, 0.717) is 12.2 Å². The van der Waals surface area contributed by atoms with Crippen LogP contribution in [0.3, 0.4) is 0 Å². The number of halogens is 2. The third-order valence-electron chi connectivity index (χ3n) is 2.61. The maximum atomic E-state index is 13.5. The molecule has 1 aromatic rings. The summed E-state index contributed by atoms with van der Waals surface area (Å²) < 4.78 is 26.6. The largest absolute Gasteiger partial charge is 0.480 e. The number of carboxylic acids is 1. The lowest BCUT2D eigenvalue weighted by atomic mass is 10.1. The van der Waals surface area contributed by atoms with Crippen molar-refractivity contribution in [2.45, 2.75) is 17.8 Å². The standard InChI is InChI=1S/C11H11F2NO2S/c12-7-3-1-2-6(9(7)13)10-14-8(11(15)16)4-5-17-10/h1-3,8,10,14H,4-5H2,(H,15,16). The molecule has 1 fully saturated rings. The molecule has 0 amide bonds. The Bertz CT molecular complexity index is 441. The van der Waals surface area contributed by atoms with Gasteiger partial charge in [0, 0.05) is 5.56 Å². The van der Waals surface area contributed by atoms with Gasteiger partial charge in [0.15, 0.2) is 11.6 Å². The van der Waals surface area contributed by atoms with E-state index in [1.54, 1.807) is 0 Å². The van der Waals surface area contributed by atoms with Crippen molar-refractivity contribution in [3.05, 3.63) is 35.4 Å². The molecule has 1 heterocycles. The number of aliphatic carboxylic acids is 1. The molecule has 0 aliphatic carbocycles. The monoisotopic (exact) mass is 259 g/mol. The van der Waals surface area contributed by atoms with Gasteiger partial charge in [0.05, 0.1) is 5.37 Å². The highest BCUT2D eigenvalue weighted by Crippen LogP contribution is 2.33. The molecule has 92 valence electrons. The van der Waals surface area contributed by atoms with Crippen LogP contribution in [0.1, 0.15) is 17.4 Å². The quantitative estimate of drug-likeness (QED) is 0.854. The molecule has 1 aromatic carbocycles. The molecular weight excluding hydrogens is 248 g/mol. The molecule has 0 radical (unpaired) electrons. The van der Waals surface area contributed by atoms with Gasteiger partial charge in [-0.1, -0.05) is 12.1 Å². The summed E-state index contributed by atoms with van der Waals surface area (Å²) >= 11 is 1.38. The zero-order valence-corrected chi connectivity index (χ0v) is 9.64. The second kappa shape index (κ2) is 5.01. The van der Waals surface area contributed by atoms with Crippen LogP contribution in [0.2, 0.25) is 0 Å². The second-order valence-electron chi connectivity index (χ2n) is 3.74. The number of rotatable bonds is 2. The fraction of sp³-hybridized carbons (Fsp3) is 0.364. The minimum absolute atomic E-state index is 0.168. The minimum atomic E-state index is -0.966. The van der Waals surface area contributed by atoms with Gasteiger partial charge in [0.25, 0.3) is 0 Å². The maximum Gasteiger partial charge on any atom is 0.320 e. The maximum absolute atomic E-state index is 13.5. The van der Waals surface area contributed by atoms with Crippen molar-refractivity contribution >= 4 is 17.7 Å². The Labute approximate surface area is 101 Å². The predicted molar refractivity (Wildman–Crippen MR) is 60.7 cm³/mol. The van der Waals surface area contributed by atoms with Crippen LogP contribution in [0, 0.1) is 11.6 Å². The zero-order valence-electron chi connectivity index (χ0n) is 8.82. The van der Waals surface area contributed by atoms with E-state index in [1.807, 2.05) is 0 Å². The lowest BCUT2D eigenvalue weighted by Gasteiger charge is -2.28. The highest BCUT2D eigenvalue weighted by molar-refractivity contribution is 7.99. The summed E-state index contributed by atoms with van der Waals surface area (Å²) in [6, 6.07) is 3.22. The van der Waals surface area contributed by atoms with Crippen molar-refractivity contribution in [3.63, 3.8) is 0 Å². The topological polar surface area (TPSA) is 49.3 Å². The summed E-state index contributed by atoms with van der Waals surface area (Å²) in [5.41, 5.74) is 0.168. The van der Waals surface area contributed by atoms with Gasteiger partial charge in [-0.3, -0.25) is 10.1 Å². The van der Waals surface area contributed by atoms with Crippen molar-refractivity contribution in [1.82, 2.24) is 5.32 Å². The predicted octanol–water partition coefficient (Wildman–Crippen LogP) is 2.14. The molecule has 6 heteroatoms. The molecule has 1 aliphatic rings. The number of hydrogen-bond donors (Lipinski definition) is 2. The van der Waals surface area contributed by atoms with Crippen LogP contribution in [0.15, 0.2) is 18.2 Å². The van der Waals surface area contributed by atoms with Gasteiger partial charge in [-0.05, 0) is 18.2 Å². The van der Waals surface area contributed by atoms with E-state index in [1.165, 1.54) is 23.9 Å². The Kier molecular flexibility index (Phi) is 3.63. The first-order chi connectivity index (χ1) is 8.09. The van der Waals surface area contributed by atoms with E-state index >= 15 is 0 Å². The van der Waals surface area contributed by atoms with Gasteiger partial charge in [-0.25, -0.2) is 8.78 Å². The summed E-state index contributed by atoms with van der Waals surface area (Å²) in [5, 5.41) is 11.2. The van der Waals surface area contributed by atoms with Gasteiger partial charge in [-0.2, -0.15) is 0 Å². The van der Waals surface area contributed by atoms with Crippen molar-refractivity contribution in [2.24, 2.45) is 0 Å². The van der Waals surface area contributed by atoms with E-state index in [4.69, 9.17) is 5.11 Å². The zero-order chi connectivity index (χ0) is 12.4. The second-order valence-corrected chi connectivity index (χ2v) is 4.95. The fourth-order valence-electron chi connectivity index (χ4n) is 1.72. The van der Waals surface area contributed by atoms with E-state index in [9.17, 15) is 13.6 Å². The van der Waals surface area contributed by atoms with Crippen LogP contribution in [0.4, 0.5) is 8.78 Å². The fourth-order valence-corrected chi connectivity index (χ4v) is 2.94. The number of benzene rings is 1. The van der Waals surface area contributed by atoms with Gasteiger partial charge in [-0.15, -0.1) is 11.8 Å². The van der Waals surface area contributed by atoms with Crippen LogP contribution in [0.25, 0.3) is 0 Å². The Balaban J connectivity index is 2.22. The molecular formula is C11H11F2NO2S. The first-order valence-corrected chi connectivity index (χ1v) is 6.19. The summed E-state index contributed by atoms with van der Waals surface area (Å²) in [6.45, 7) is 0. The molecule has 3 nitrogen and oxygen atoms in total.